The maximum Gasteiger partial charge on any atom is 0.337 e. The fourth-order valence-corrected chi connectivity index (χ4v) is 6.03. The summed E-state index contributed by atoms with van der Waals surface area (Å²) in [5.74, 6) is -2.34. The van der Waals surface area contributed by atoms with E-state index in [2.05, 4.69) is 17.2 Å². The van der Waals surface area contributed by atoms with Crippen LogP contribution in [0.25, 0.3) is 0 Å². The number of carbonyl (C=O) groups is 3. The lowest BCUT2D eigenvalue weighted by molar-refractivity contribution is -0.112. The average molecular weight is 670 g/mol. The molecular weight excluding hydrogens is 657 g/mol. The van der Waals surface area contributed by atoms with Gasteiger partial charge in [-0.15, -0.1) is 0 Å². The number of amides is 2. The van der Waals surface area contributed by atoms with E-state index in [9.17, 15) is 24.6 Å². The highest BCUT2D eigenvalue weighted by Crippen LogP contribution is 2.36. The smallest absolute Gasteiger partial charge is 0.337 e. The first-order valence-electron chi connectivity index (χ1n) is 6.38. The molecule has 0 radical (unpaired) electrons. The summed E-state index contributed by atoms with van der Waals surface area (Å²) in [5.41, 5.74) is 0.445. The fraction of sp³-hybridized carbons (Fsp3) is 0.214. The predicted molar refractivity (Wildman–Crippen MR) is 114 cm³/mol. The highest BCUT2D eigenvalue weighted by atomic mass is 127. The summed E-state index contributed by atoms with van der Waals surface area (Å²) in [6, 6.07) is 0. The minimum Gasteiger partial charge on any atom is -0.478 e. The summed E-state index contributed by atoms with van der Waals surface area (Å²) >= 11 is 5.45. The quantitative estimate of drug-likeness (QED) is 0.219. The molecule has 1 aromatic rings. The number of hydrogen-bond donors (Lipinski definition) is 4. The van der Waals surface area contributed by atoms with Gasteiger partial charge in [0.25, 0.3) is 11.8 Å². The monoisotopic (exact) mass is 670 g/mol. The van der Waals surface area contributed by atoms with Gasteiger partial charge in [0.15, 0.2) is 0 Å². The number of halogens is 3. The van der Waals surface area contributed by atoms with Crippen LogP contribution in [0.1, 0.15) is 34.6 Å². The topological polar surface area (TPSA) is 116 Å². The van der Waals surface area contributed by atoms with Crippen LogP contribution in [0.3, 0.4) is 0 Å². The molecule has 1 rings (SSSR count). The highest BCUT2D eigenvalue weighted by molar-refractivity contribution is 14.1. The van der Waals surface area contributed by atoms with Crippen LogP contribution in [0.4, 0.5) is 5.69 Å². The van der Waals surface area contributed by atoms with E-state index < -0.39 is 24.0 Å². The van der Waals surface area contributed by atoms with Gasteiger partial charge in [-0.3, -0.25) is 9.59 Å². The Hall–Kier alpha value is -0.480. The SMILES string of the molecule is C=C(C)C(=O)Nc1c(I)c(C(=O)O)c(I)c(C(=O)NC(C)O)c1I. The molecular formula is C14H13I3N2O5. The van der Waals surface area contributed by atoms with Crippen molar-refractivity contribution in [2.45, 2.75) is 20.1 Å². The van der Waals surface area contributed by atoms with Crippen molar-refractivity contribution in [3.63, 3.8) is 0 Å². The van der Waals surface area contributed by atoms with Crippen molar-refractivity contribution in [3.8, 4) is 0 Å². The molecule has 1 unspecified atom stereocenters. The molecule has 0 spiro atoms. The Morgan fingerprint density at radius 3 is 2.00 bits per heavy atom. The summed E-state index contributed by atoms with van der Waals surface area (Å²) in [4.78, 5) is 35.9. The number of anilines is 1. The highest BCUT2D eigenvalue weighted by Gasteiger charge is 2.28. The summed E-state index contributed by atoms with van der Waals surface area (Å²) < 4.78 is 0.900. The molecule has 24 heavy (non-hydrogen) atoms. The molecule has 0 bridgehead atoms. The maximum atomic E-state index is 12.3. The molecule has 0 heterocycles. The van der Waals surface area contributed by atoms with Gasteiger partial charge in [0.2, 0.25) is 0 Å². The van der Waals surface area contributed by atoms with E-state index in [4.69, 9.17) is 0 Å². The molecule has 0 fully saturated rings. The molecule has 130 valence electrons. The van der Waals surface area contributed by atoms with Gasteiger partial charge in [0.05, 0.1) is 24.0 Å². The molecule has 0 aliphatic rings. The van der Waals surface area contributed by atoms with Crippen molar-refractivity contribution >= 4 is 91.2 Å². The Morgan fingerprint density at radius 2 is 1.58 bits per heavy atom. The van der Waals surface area contributed by atoms with E-state index in [1.54, 1.807) is 22.6 Å². The number of aromatic carboxylic acids is 1. The number of benzene rings is 1. The van der Waals surface area contributed by atoms with Crippen molar-refractivity contribution in [1.82, 2.24) is 5.32 Å². The van der Waals surface area contributed by atoms with Gasteiger partial charge in [-0.2, -0.15) is 0 Å². The zero-order chi connectivity index (χ0) is 18.8. The van der Waals surface area contributed by atoms with Crippen LogP contribution >= 0.6 is 67.8 Å². The van der Waals surface area contributed by atoms with Gasteiger partial charge in [0, 0.05) is 9.14 Å². The van der Waals surface area contributed by atoms with Gasteiger partial charge < -0.3 is 20.8 Å². The zero-order valence-electron chi connectivity index (χ0n) is 12.5. The third-order valence-electron chi connectivity index (χ3n) is 2.72. The summed E-state index contributed by atoms with van der Waals surface area (Å²) in [5, 5.41) is 23.7. The fourth-order valence-electron chi connectivity index (χ4n) is 1.64. The second-order valence-corrected chi connectivity index (χ2v) is 7.99. The number of aliphatic hydroxyl groups excluding tert-OH is 1. The van der Waals surface area contributed by atoms with Crippen LogP contribution in [0.5, 0.6) is 0 Å². The van der Waals surface area contributed by atoms with Gasteiger partial charge >= 0.3 is 5.97 Å². The first-order chi connectivity index (χ1) is 11.0. The van der Waals surface area contributed by atoms with Crippen LogP contribution < -0.4 is 10.6 Å². The Morgan fingerprint density at radius 1 is 1.08 bits per heavy atom. The van der Waals surface area contributed by atoms with Gasteiger partial charge in [-0.1, -0.05) is 6.58 Å². The van der Waals surface area contributed by atoms with E-state index in [0.29, 0.717) is 7.14 Å². The molecule has 0 aliphatic carbocycles. The minimum atomic E-state index is -1.22. The maximum absolute atomic E-state index is 12.3. The van der Waals surface area contributed by atoms with Crippen LogP contribution in [0.15, 0.2) is 12.2 Å². The first-order valence-corrected chi connectivity index (χ1v) is 9.62. The zero-order valence-corrected chi connectivity index (χ0v) is 19.0. The Labute approximate surface area is 179 Å². The number of hydrogen-bond acceptors (Lipinski definition) is 4. The number of carbonyl (C=O) groups excluding carboxylic acids is 2. The molecule has 0 aromatic heterocycles. The van der Waals surface area contributed by atoms with Gasteiger partial charge in [-0.05, 0) is 81.6 Å². The molecule has 2 amide bonds. The van der Waals surface area contributed by atoms with E-state index >= 15 is 0 Å². The Bertz CT molecular complexity index is 747. The first kappa shape index (κ1) is 21.6. The van der Waals surface area contributed by atoms with Crippen molar-refractivity contribution in [1.29, 1.82) is 0 Å². The lowest BCUT2D eigenvalue weighted by atomic mass is 10.1. The standard InChI is InChI=1S/C14H13I3N2O5/c1-4(2)12(21)19-11-9(16)6(13(22)18-5(3)20)8(15)7(10(11)17)14(23)24/h5,20H,1H2,2-3H3,(H,18,22)(H,19,21)(H,23,24). The average Bonchev–Trinajstić information content (AvgIpc) is 2.41. The molecule has 0 saturated carbocycles. The lowest BCUT2D eigenvalue weighted by Gasteiger charge is -2.18. The van der Waals surface area contributed by atoms with Crippen molar-refractivity contribution in [2.24, 2.45) is 0 Å². The molecule has 7 nitrogen and oxygen atoms in total. The van der Waals surface area contributed by atoms with Crippen molar-refractivity contribution in [2.75, 3.05) is 5.32 Å². The number of aliphatic hydroxyl groups is 1. The van der Waals surface area contributed by atoms with Crippen LogP contribution in [-0.2, 0) is 4.79 Å². The molecule has 0 aliphatic heterocycles. The Kier molecular flexibility index (Phi) is 7.86. The Balaban J connectivity index is 3.68. The van der Waals surface area contributed by atoms with Crippen LogP contribution in [-0.4, -0.2) is 34.2 Å². The normalized spacial score (nSPS) is 11.6. The number of rotatable bonds is 5. The van der Waals surface area contributed by atoms with E-state index in [1.807, 2.05) is 45.2 Å². The van der Waals surface area contributed by atoms with Crippen molar-refractivity contribution in [3.05, 3.63) is 34.0 Å². The van der Waals surface area contributed by atoms with Crippen LogP contribution in [0, 0.1) is 10.7 Å². The van der Waals surface area contributed by atoms with Gasteiger partial charge in [-0.25, -0.2) is 4.79 Å². The van der Waals surface area contributed by atoms with E-state index in [1.165, 1.54) is 13.8 Å². The molecule has 10 heteroatoms. The minimum absolute atomic E-state index is 0.0759. The third kappa shape index (κ3) is 4.78. The van der Waals surface area contributed by atoms with Crippen molar-refractivity contribution < 1.29 is 24.6 Å². The van der Waals surface area contributed by atoms with Crippen LogP contribution in [0.2, 0.25) is 0 Å². The predicted octanol–water partition coefficient (Wildman–Crippen LogP) is 2.78. The summed E-state index contributed by atoms with van der Waals surface area (Å²) in [6.07, 6.45) is -1.11. The van der Waals surface area contributed by atoms with E-state index in [0.717, 1.165) is 0 Å². The second kappa shape index (κ2) is 8.75. The molecule has 4 N–H and O–H groups in total. The summed E-state index contributed by atoms with van der Waals surface area (Å²) in [7, 11) is 0. The molecule has 0 saturated heterocycles. The van der Waals surface area contributed by atoms with Gasteiger partial charge in [0.1, 0.15) is 6.23 Å². The third-order valence-corrected chi connectivity index (χ3v) is 5.96. The lowest BCUT2D eigenvalue weighted by Crippen LogP contribution is -2.34. The second-order valence-electron chi connectivity index (χ2n) is 4.76. The number of carboxylic acids is 1. The largest absolute Gasteiger partial charge is 0.478 e. The number of carboxylic acid groups (broad SMARTS) is 1. The summed E-state index contributed by atoms with van der Waals surface area (Å²) in [6.45, 7) is 6.42. The molecule has 1 atom stereocenters. The number of nitrogens with one attached hydrogen (secondary N) is 2. The van der Waals surface area contributed by atoms with E-state index in [-0.39, 0.29) is 26.0 Å². The molecule has 1 aromatic carbocycles.